The van der Waals surface area contributed by atoms with E-state index < -0.39 is 0 Å². The van der Waals surface area contributed by atoms with Gasteiger partial charge >= 0.3 is 0 Å². The third-order valence-corrected chi connectivity index (χ3v) is 4.00. The van der Waals surface area contributed by atoms with Crippen LogP contribution in [0.2, 0.25) is 0 Å². The summed E-state index contributed by atoms with van der Waals surface area (Å²) in [5, 5.41) is 5.32. The van der Waals surface area contributed by atoms with Gasteiger partial charge in [-0.15, -0.1) is 0 Å². The summed E-state index contributed by atoms with van der Waals surface area (Å²) in [5.74, 6) is 0.863. The van der Waals surface area contributed by atoms with E-state index in [1.165, 1.54) is 11.1 Å². The predicted molar refractivity (Wildman–Crippen MR) is 86.7 cm³/mol. The molecule has 4 nitrogen and oxygen atoms in total. The van der Waals surface area contributed by atoms with Crippen molar-refractivity contribution in [3.05, 3.63) is 35.4 Å². The van der Waals surface area contributed by atoms with Crippen molar-refractivity contribution in [2.24, 2.45) is 10.1 Å². The summed E-state index contributed by atoms with van der Waals surface area (Å²) in [6.07, 6.45) is 2.01. The molecule has 0 aromatic heterocycles. The van der Waals surface area contributed by atoms with Crippen molar-refractivity contribution in [2.75, 3.05) is 26.0 Å². The molecule has 1 N–H and O–H groups in total. The van der Waals surface area contributed by atoms with Crippen LogP contribution in [0.5, 0.6) is 0 Å². The quantitative estimate of drug-likeness (QED) is 0.820. The number of amidine groups is 1. The minimum absolute atomic E-state index is 0.750. The minimum Gasteiger partial charge on any atom is -0.385 e. The van der Waals surface area contributed by atoms with E-state index in [1.807, 2.05) is 0 Å². The van der Waals surface area contributed by atoms with Gasteiger partial charge in [0.25, 0.3) is 0 Å². The third kappa shape index (κ3) is 4.35. The Morgan fingerprint density at radius 2 is 2.15 bits per heavy atom. The summed E-state index contributed by atoms with van der Waals surface area (Å²) >= 11 is 1.70. The number of aliphatic imine (C=N–C) groups is 1. The zero-order chi connectivity index (χ0) is 14.2. The van der Waals surface area contributed by atoms with Crippen LogP contribution >= 0.6 is 11.8 Å². The van der Waals surface area contributed by atoms with E-state index >= 15 is 0 Å². The van der Waals surface area contributed by atoms with Crippen molar-refractivity contribution < 1.29 is 4.74 Å². The molecule has 2 rings (SSSR count). The van der Waals surface area contributed by atoms with Crippen LogP contribution in [0.15, 0.2) is 34.4 Å². The predicted octanol–water partition coefficient (Wildman–Crippen LogP) is 2.68. The Kier molecular flexibility index (Phi) is 6.08. The maximum absolute atomic E-state index is 5.00. The number of hydrogen-bond acceptors (Lipinski definition) is 4. The van der Waals surface area contributed by atoms with Crippen molar-refractivity contribution in [1.29, 1.82) is 0 Å². The monoisotopic (exact) mass is 291 g/mol. The third-order valence-electron chi connectivity index (χ3n) is 3.09. The number of thioether (sulfide) groups is 1. The number of ether oxygens (including phenoxy) is 1. The van der Waals surface area contributed by atoms with Gasteiger partial charge in [0.1, 0.15) is 0 Å². The Morgan fingerprint density at radius 1 is 1.35 bits per heavy atom. The number of rotatable bonds is 6. The Labute approximate surface area is 124 Å². The van der Waals surface area contributed by atoms with E-state index in [2.05, 4.69) is 46.7 Å². The van der Waals surface area contributed by atoms with E-state index in [-0.39, 0.29) is 0 Å². The topological polar surface area (TPSA) is 46.0 Å². The Bertz CT molecular complexity index is 482. The first kappa shape index (κ1) is 15.1. The van der Waals surface area contributed by atoms with Gasteiger partial charge in [-0.3, -0.25) is 10.4 Å². The van der Waals surface area contributed by atoms with Crippen LogP contribution < -0.4 is 5.43 Å². The Hall–Kier alpha value is -1.33. The number of nitrogens with one attached hydrogen (secondary N) is 1. The van der Waals surface area contributed by atoms with Crippen LogP contribution in [0, 0.1) is 0 Å². The minimum atomic E-state index is 0.750. The fourth-order valence-corrected chi connectivity index (χ4v) is 2.67. The number of aryl methyl sites for hydroxylation is 1. The summed E-state index contributed by atoms with van der Waals surface area (Å²) in [6.45, 7) is 3.69. The molecule has 0 amide bonds. The molecule has 1 heterocycles. The SMILES string of the molecule is CCc1ccc(C2=NNC(=NCCCOC)SC2)cc1. The zero-order valence-electron chi connectivity index (χ0n) is 12.1. The molecule has 0 aliphatic carbocycles. The second-order valence-corrected chi connectivity index (χ2v) is 5.51. The average molecular weight is 291 g/mol. The molecule has 0 fully saturated rings. The summed E-state index contributed by atoms with van der Waals surface area (Å²) in [6, 6.07) is 8.61. The average Bonchev–Trinajstić information content (AvgIpc) is 2.52. The van der Waals surface area contributed by atoms with Crippen molar-refractivity contribution in [2.45, 2.75) is 19.8 Å². The van der Waals surface area contributed by atoms with Gasteiger partial charge in [-0.25, -0.2) is 0 Å². The lowest BCUT2D eigenvalue weighted by Gasteiger charge is -2.15. The maximum atomic E-state index is 5.00. The molecule has 5 heteroatoms. The Balaban J connectivity index is 1.91. The van der Waals surface area contributed by atoms with Gasteiger partial charge in [0.2, 0.25) is 0 Å². The second-order valence-electron chi connectivity index (χ2n) is 4.54. The highest BCUT2D eigenvalue weighted by atomic mass is 32.2. The molecule has 1 aromatic carbocycles. The molecule has 0 radical (unpaired) electrons. The zero-order valence-corrected chi connectivity index (χ0v) is 12.9. The molecule has 1 aliphatic rings. The van der Waals surface area contributed by atoms with Crippen molar-refractivity contribution in [3.63, 3.8) is 0 Å². The second kappa shape index (κ2) is 8.07. The van der Waals surface area contributed by atoms with E-state index in [1.54, 1.807) is 18.9 Å². The summed E-state index contributed by atoms with van der Waals surface area (Å²) < 4.78 is 5.00. The van der Waals surface area contributed by atoms with E-state index in [4.69, 9.17) is 4.74 Å². The molecule has 0 unspecified atom stereocenters. The lowest BCUT2D eigenvalue weighted by molar-refractivity contribution is 0.197. The van der Waals surface area contributed by atoms with Crippen LogP contribution in [-0.2, 0) is 11.2 Å². The standard InChI is InChI=1S/C15H21N3OS/c1-3-12-5-7-13(8-6-12)14-11-20-15(18-17-14)16-9-4-10-19-2/h5-8H,3-4,9-11H2,1-2H3,(H,16,18). The Morgan fingerprint density at radius 3 is 2.75 bits per heavy atom. The lowest BCUT2D eigenvalue weighted by Crippen LogP contribution is -2.25. The summed E-state index contributed by atoms with van der Waals surface area (Å²) in [7, 11) is 1.71. The first-order valence-electron chi connectivity index (χ1n) is 6.91. The molecule has 0 spiro atoms. The highest BCUT2D eigenvalue weighted by Gasteiger charge is 2.12. The summed E-state index contributed by atoms with van der Waals surface area (Å²) in [5.41, 5.74) is 6.64. The van der Waals surface area contributed by atoms with Crippen LogP contribution in [0.4, 0.5) is 0 Å². The van der Waals surface area contributed by atoms with Gasteiger partial charge in [-0.1, -0.05) is 43.0 Å². The largest absolute Gasteiger partial charge is 0.385 e. The number of benzene rings is 1. The number of methoxy groups -OCH3 is 1. The lowest BCUT2D eigenvalue weighted by atomic mass is 10.1. The van der Waals surface area contributed by atoms with Crippen LogP contribution in [0.25, 0.3) is 0 Å². The highest BCUT2D eigenvalue weighted by molar-refractivity contribution is 8.14. The smallest absolute Gasteiger partial charge is 0.177 e. The van der Waals surface area contributed by atoms with Gasteiger partial charge in [-0.05, 0) is 24.0 Å². The number of hydrazone groups is 1. The first-order chi connectivity index (χ1) is 9.83. The normalized spacial score (nSPS) is 16.9. The van der Waals surface area contributed by atoms with Gasteiger partial charge in [0.05, 0.1) is 5.71 Å². The molecule has 108 valence electrons. The number of hydrogen-bond donors (Lipinski definition) is 1. The van der Waals surface area contributed by atoms with E-state index in [0.29, 0.717) is 0 Å². The van der Waals surface area contributed by atoms with Crippen LogP contribution in [-0.4, -0.2) is 36.9 Å². The van der Waals surface area contributed by atoms with Gasteiger partial charge in [0.15, 0.2) is 5.17 Å². The fourth-order valence-electron chi connectivity index (χ4n) is 1.87. The maximum Gasteiger partial charge on any atom is 0.177 e. The van der Waals surface area contributed by atoms with Crippen LogP contribution in [0.1, 0.15) is 24.5 Å². The fraction of sp³-hybridized carbons (Fsp3) is 0.467. The van der Waals surface area contributed by atoms with E-state index in [0.717, 1.165) is 42.6 Å². The first-order valence-corrected chi connectivity index (χ1v) is 7.90. The van der Waals surface area contributed by atoms with E-state index in [9.17, 15) is 0 Å². The molecule has 1 aliphatic heterocycles. The number of nitrogens with zero attached hydrogens (tertiary/aromatic N) is 2. The van der Waals surface area contributed by atoms with Gasteiger partial charge in [-0.2, -0.15) is 5.10 Å². The summed E-state index contributed by atoms with van der Waals surface area (Å²) in [4.78, 5) is 4.46. The molecule has 0 bridgehead atoms. The highest BCUT2D eigenvalue weighted by Crippen LogP contribution is 2.14. The molecule has 20 heavy (non-hydrogen) atoms. The van der Waals surface area contributed by atoms with Crippen LogP contribution in [0.3, 0.4) is 0 Å². The molecule has 0 saturated carbocycles. The molecular formula is C15H21N3OS. The molecular weight excluding hydrogens is 270 g/mol. The molecule has 0 atom stereocenters. The van der Waals surface area contributed by atoms with Crippen molar-refractivity contribution in [1.82, 2.24) is 5.43 Å². The molecule has 0 saturated heterocycles. The van der Waals surface area contributed by atoms with Crippen molar-refractivity contribution >= 4 is 22.6 Å². The van der Waals surface area contributed by atoms with Crippen molar-refractivity contribution in [3.8, 4) is 0 Å². The van der Waals surface area contributed by atoms with Gasteiger partial charge in [0, 0.05) is 26.0 Å². The molecule has 1 aromatic rings. The van der Waals surface area contributed by atoms with Gasteiger partial charge < -0.3 is 4.74 Å².